The van der Waals surface area contributed by atoms with E-state index in [0.717, 1.165) is 23.8 Å². The Bertz CT molecular complexity index is 1090. The summed E-state index contributed by atoms with van der Waals surface area (Å²) in [5, 5.41) is 9.92. The van der Waals surface area contributed by atoms with Crippen LogP contribution in [0.3, 0.4) is 0 Å². The smallest absolute Gasteiger partial charge is 0.258 e. The molecule has 1 aliphatic rings. The van der Waals surface area contributed by atoms with Crippen molar-refractivity contribution >= 4 is 22.7 Å². The van der Waals surface area contributed by atoms with Gasteiger partial charge in [-0.15, -0.1) is 16.8 Å². The number of aromatic amines is 1. The van der Waals surface area contributed by atoms with Gasteiger partial charge in [-0.1, -0.05) is 17.8 Å². The van der Waals surface area contributed by atoms with Gasteiger partial charge < -0.3 is 19.0 Å². The van der Waals surface area contributed by atoms with Gasteiger partial charge >= 0.3 is 0 Å². The predicted octanol–water partition coefficient (Wildman–Crippen LogP) is 2.89. The monoisotopic (exact) mass is 399 g/mol. The minimum Gasteiger partial charge on any atom is -0.493 e. The summed E-state index contributed by atoms with van der Waals surface area (Å²) in [5.41, 5.74) is 0.344. The summed E-state index contributed by atoms with van der Waals surface area (Å²) in [6, 6.07) is 3.35. The number of thioether (sulfide) groups is 1. The van der Waals surface area contributed by atoms with Gasteiger partial charge in [0, 0.05) is 18.5 Å². The van der Waals surface area contributed by atoms with Gasteiger partial charge in [-0.05, 0) is 18.9 Å². The minimum absolute atomic E-state index is 0.215. The molecule has 2 aromatic heterocycles. The summed E-state index contributed by atoms with van der Waals surface area (Å²) in [7, 11) is 3.09. The van der Waals surface area contributed by atoms with Crippen LogP contribution >= 0.6 is 11.8 Å². The number of aromatic nitrogens is 5. The Balaban J connectivity index is 1.62. The number of nitrogens with one attached hydrogen (secondary N) is 1. The molecule has 9 heteroatoms. The van der Waals surface area contributed by atoms with Crippen LogP contribution in [0.1, 0.15) is 30.4 Å². The third-order valence-corrected chi connectivity index (χ3v) is 5.58. The van der Waals surface area contributed by atoms with Gasteiger partial charge in [0.2, 0.25) is 0 Å². The quantitative estimate of drug-likeness (QED) is 0.460. The normalized spacial score (nSPS) is 13.6. The van der Waals surface area contributed by atoms with Gasteiger partial charge in [0.05, 0.1) is 30.9 Å². The Hall–Kier alpha value is -2.81. The van der Waals surface area contributed by atoms with E-state index in [1.54, 1.807) is 19.2 Å². The highest BCUT2D eigenvalue weighted by Crippen LogP contribution is 2.40. The number of nitrogens with zero attached hydrogens (tertiary/aromatic N) is 4. The topological polar surface area (TPSA) is 94.9 Å². The van der Waals surface area contributed by atoms with Crippen LogP contribution in [0.5, 0.6) is 11.5 Å². The van der Waals surface area contributed by atoms with Crippen molar-refractivity contribution in [2.24, 2.45) is 0 Å². The molecule has 3 aromatic rings. The average Bonchev–Trinajstić information content (AvgIpc) is 3.47. The molecule has 4 rings (SSSR count). The zero-order valence-electron chi connectivity index (χ0n) is 15.8. The summed E-state index contributed by atoms with van der Waals surface area (Å²) >= 11 is 1.49. The molecular formula is C19H21N5O3S. The second kappa shape index (κ2) is 7.67. The largest absolute Gasteiger partial charge is 0.493 e. The Kier molecular flexibility index (Phi) is 5.08. The number of rotatable bonds is 8. The molecule has 1 aromatic carbocycles. The number of methoxy groups -OCH3 is 2. The first-order valence-corrected chi connectivity index (χ1v) is 9.95. The number of fused-ring (bicyclic) bond motifs is 1. The third-order valence-electron chi connectivity index (χ3n) is 4.60. The molecule has 146 valence electrons. The van der Waals surface area contributed by atoms with Crippen LogP contribution in [0.15, 0.2) is 34.7 Å². The molecule has 0 radical (unpaired) electrons. The van der Waals surface area contributed by atoms with Crippen molar-refractivity contribution in [2.75, 3.05) is 14.2 Å². The van der Waals surface area contributed by atoms with E-state index in [1.807, 2.05) is 6.08 Å². The Morgan fingerprint density at radius 2 is 2.04 bits per heavy atom. The van der Waals surface area contributed by atoms with Gasteiger partial charge in [0.15, 0.2) is 16.7 Å². The number of benzene rings is 1. The van der Waals surface area contributed by atoms with Gasteiger partial charge in [0.1, 0.15) is 11.6 Å². The first-order chi connectivity index (χ1) is 13.6. The van der Waals surface area contributed by atoms with Gasteiger partial charge in [-0.3, -0.25) is 4.79 Å². The van der Waals surface area contributed by atoms with Crippen LogP contribution in [0.25, 0.3) is 10.9 Å². The Morgan fingerprint density at radius 1 is 1.29 bits per heavy atom. The fourth-order valence-corrected chi connectivity index (χ4v) is 3.89. The van der Waals surface area contributed by atoms with E-state index in [2.05, 4.69) is 31.3 Å². The standard InChI is InChI=1S/C19H21N5O3S/c1-4-7-24-17(11-5-6-11)22-23-19(24)28-10-16-20-13-9-15(27-3)14(26-2)8-12(13)18(25)21-16/h4,8-9,11H,1,5-7,10H2,2-3H3,(H,20,21,25). The molecule has 1 saturated carbocycles. The van der Waals surface area contributed by atoms with E-state index in [1.165, 1.54) is 18.9 Å². The van der Waals surface area contributed by atoms with E-state index in [9.17, 15) is 4.79 Å². The van der Waals surface area contributed by atoms with E-state index in [4.69, 9.17) is 9.47 Å². The lowest BCUT2D eigenvalue weighted by atomic mass is 10.2. The SMILES string of the molecule is C=CCn1c(SCc2nc3cc(OC)c(OC)cc3c(=O)[nH]2)nnc1C1CC1. The van der Waals surface area contributed by atoms with Crippen molar-refractivity contribution < 1.29 is 9.47 Å². The van der Waals surface area contributed by atoms with Crippen molar-refractivity contribution in [2.45, 2.75) is 36.2 Å². The molecule has 8 nitrogen and oxygen atoms in total. The minimum atomic E-state index is -0.215. The molecule has 0 spiro atoms. The summed E-state index contributed by atoms with van der Waals surface area (Å²) in [5.74, 6) is 3.58. The fourth-order valence-electron chi connectivity index (χ4n) is 3.07. The maximum Gasteiger partial charge on any atom is 0.258 e. The fraction of sp³-hybridized carbons (Fsp3) is 0.368. The van der Waals surface area contributed by atoms with Gasteiger partial charge in [-0.2, -0.15) is 0 Å². The highest BCUT2D eigenvalue weighted by atomic mass is 32.2. The summed E-state index contributed by atoms with van der Waals surface area (Å²) in [6.07, 6.45) is 4.16. The molecule has 1 N–H and O–H groups in total. The van der Waals surface area contributed by atoms with Crippen LogP contribution in [-0.4, -0.2) is 39.0 Å². The summed E-state index contributed by atoms with van der Waals surface area (Å²) in [6.45, 7) is 4.49. The van der Waals surface area contributed by atoms with Crippen LogP contribution in [0, 0.1) is 0 Å². The highest BCUT2D eigenvalue weighted by Gasteiger charge is 2.30. The number of hydrogen-bond acceptors (Lipinski definition) is 7. The van der Waals surface area contributed by atoms with Gasteiger partial charge in [-0.25, -0.2) is 4.98 Å². The summed E-state index contributed by atoms with van der Waals surface area (Å²) in [4.78, 5) is 19.9. The third kappa shape index (κ3) is 3.49. The number of allylic oxidation sites excluding steroid dienone is 1. The van der Waals surface area contributed by atoms with E-state index < -0.39 is 0 Å². The maximum atomic E-state index is 12.5. The zero-order chi connectivity index (χ0) is 19.7. The summed E-state index contributed by atoms with van der Waals surface area (Å²) < 4.78 is 12.7. The van der Waals surface area contributed by atoms with Crippen molar-refractivity contribution in [1.82, 2.24) is 24.7 Å². The molecular weight excluding hydrogens is 378 g/mol. The lowest BCUT2D eigenvalue weighted by molar-refractivity contribution is 0.355. The number of H-pyrrole nitrogens is 1. The molecule has 28 heavy (non-hydrogen) atoms. The Labute approximate surface area is 166 Å². The highest BCUT2D eigenvalue weighted by molar-refractivity contribution is 7.98. The zero-order valence-corrected chi connectivity index (χ0v) is 16.6. The first kappa shape index (κ1) is 18.5. The lowest BCUT2D eigenvalue weighted by Gasteiger charge is -2.09. The maximum absolute atomic E-state index is 12.5. The first-order valence-electron chi connectivity index (χ1n) is 8.96. The lowest BCUT2D eigenvalue weighted by Crippen LogP contribution is -2.12. The number of ether oxygens (including phenoxy) is 2. The molecule has 2 heterocycles. The molecule has 0 atom stereocenters. The molecule has 0 bridgehead atoms. The van der Waals surface area contributed by atoms with Crippen molar-refractivity contribution in [3.8, 4) is 11.5 Å². The molecule has 1 fully saturated rings. The van der Waals surface area contributed by atoms with E-state index >= 15 is 0 Å². The van der Waals surface area contributed by atoms with Crippen LogP contribution in [0.4, 0.5) is 0 Å². The van der Waals surface area contributed by atoms with Crippen molar-refractivity contribution in [1.29, 1.82) is 0 Å². The van der Waals surface area contributed by atoms with Crippen molar-refractivity contribution in [3.63, 3.8) is 0 Å². The van der Waals surface area contributed by atoms with Crippen LogP contribution < -0.4 is 15.0 Å². The number of hydrogen-bond donors (Lipinski definition) is 1. The van der Waals surface area contributed by atoms with E-state index in [-0.39, 0.29) is 5.56 Å². The average molecular weight is 399 g/mol. The van der Waals surface area contributed by atoms with Crippen molar-refractivity contribution in [3.05, 3.63) is 46.8 Å². The molecule has 0 unspecified atom stereocenters. The Morgan fingerprint density at radius 3 is 2.71 bits per heavy atom. The van der Waals surface area contributed by atoms with Crippen LogP contribution in [-0.2, 0) is 12.3 Å². The van der Waals surface area contributed by atoms with Crippen LogP contribution in [0.2, 0.25) is 0 Å². The molecule has 0 aliphatic heterocycles. The molecule has 0 amide bonds. The molecule has 0 saturated heterocycles. The second-order valence-corrected chi connectivity index (χ2v) is 7.48. The van der Waals surface area contributed by atoms with E-state index in [0.29, 0.717) is 46.4 Å². The van der Waals surface area contributed by atoms with Gasteiger partial charge in [0.25, 0.3) is 5.56 Å². The molecule has 1 aliphatic carbocycles. The second-order valence-electron chi connectivity index (χ2n) is 6.54. The predicted molar refractivity (Wildman–Crippen MR) is 107 cm³/mol.